The van der Waals surface area contributed by atoms with Crippen molar-refractivity contribution < 1.29 is 9.90 Å². The topological polar surface area (TPSA) is 106 Å². The van der Waals surface area contributed by atoms with Gasteiger partial charge in [-0.25, -0.2) is 19.7 Å². The molecule has 0 atom stereocenters. The summed E-state index contributed by atoms with van der Waals surface area (Å²) in [5.41, 5.74) is 2.47. The molecule has 0 aliphatic carbocycles. The molecule has 3 rings (SSSR count). The molecule has 3 aromatic heterocycles. The van der Waals surface area contributed by atoms with Crippen molar-refractivity contribution in [3.63, 3.8) is 0 Å². The number of imidazole rings is 1. The lowest BCUT2D eigenvalue weighted by atomic mass is 10.2. The monoisotopic (exact) mass is 284 g/mol. The van der Waals surface area contributed by atoms with Crippen LogP contribution >= 0.6 is 0 Å². The lowest BCUT2D eigenvalue weighted by Crippen LogP contribution is -2.08. The van der Waals surface area contributed by atoms with Crippen LogP contribution in [0.15, 0.2) is 24.9 Å². The van der Waals surface area contributed by atoms with E-state index in [9.17, 15) is 9.90 Å². The standard InChI is InChI=1S/C13H12N6O2/c1-14-12-11(13(20)21)18-8(4-16-12)7-3-15-5-9-10(7)17-6-19(9)2/h3-6H,1-2H3,(H,14,16)(H,20,21). The maximum atomic E-state index is 11.3. The van der Waals surface area contributed by atoms with E-state index < -0.39 is 5.97 Å². The summed E-state index contributed by atoms with van der Waals surface area (Å²) in [4.78, 5) is 28.0. The minimum absolute atomic E-state index is 0.136. The molecule has 0 saturated carbocycles. The van der Waals surface area contributed by atoms with Crippen LogP contribution in [-0.2, 0) is 7.05 Å². The highest BCUT2D eigenvalue weighted by Gasteiger charge is 2.16. The van der Waals surface area contributed by atoms with Crippen LogP contribution in [-0.4, -0.2) is 42.6 Å². The molecular weight excluding hydrogens is 272 g/mol. The minimum atomic E-state index is -1.14. The molecule has 8 heteroatoms. The molecule has 0 fully saturated rings. The number of hydrogen-bond acceptors (Lipinski definition) is 6. The fourth-order valence-corrected chi connectivity index (χ4v) is 2.08. The van der Waals surface area contributed by atoms with E-state index in [0.29, 0.717) is 16.8 Å². The Bertz CT molecular complexity index is 842. The van der Waals surface area contributed by atoms with Crippen molar-refractivity contribution in [3.8, 4) is 11.3 Å². The zero-order valence-corrected chi connectivity index (χ0v) is 11.4. The van der Waals surface area contributed by atoms with Crippen LogP contribution in [0.25, 0.3) is 22.3 Å². The number of nitrogens with zero attached hydrogens (tertiary/aromatic N) is 5. The van der Waals surface area contributed by atoms with Crippen molar-refractivity contribution in [2.75, 3.05) is 12.4 Å². The summed E-state index contributed by atoms with van der Waals surface area (Å²) in [6.45, 7) is 0. The number of aromatic nitrogens is 5. The van der Waals surface area contributed by atoms with Crippen LogP contribution in [0.5, 0.6) is 0 Å². The molecule has 0 spiro atoms. The molecule has 21 heavy (non-hydrogen) atoms. The molecule has 0 aliphatic rings. The molecular formula is C13H12N6O2. The highest BCUT2D eigenvalue weighted by atomic mass is 16.4. The molecule has 0 amide bonds. The quantitative estimate of drug-likeness (QED) is 0.743. The summed E-state index contributed by atoms with van der Waals surface area (Å²) in [5.74, 6) is -0.928. The summed E-state index contributed by atoms with van der Waals surface area (Å²) in [7, 11) is 3.45. The van der Waals surface area contributed by atoms with Crippen molar-refractivity contribution in [3.05, 3.63) is 30.6 Å². The predicted octanol–water partition coefficient (Wildman–Crippen LogP) is 1.17. The second kappa shape index (κ2) is 4.82. The van der Waals surface area contributed by atoms with Crippen LogP contribution < -0.4 is 5.32 Å². The number of carbonyl (C=O) groups is 1. The number of aryl methyl sites for hydroxylation is 1. The van der Waals surface area contributed by atoms with Gasteiger partial charge in [0.05, 0.1) is 29.9 Å². The van der Waals surface area contributed by atoms with Gasteiger partial charge in [-0.05, 0) is 0 Å². The zero-order chi connectivity index (χ0) is 15.0. The van der Waals surface area contributed by atoms with Gasteiger partial charge in [0.1, 0.15) is 5.52 Å². The number of rotatable bonds is 3. The molecule has 8 nitrogen and oxygen atoms in total. The van der Waals surface area contributed by atoms with Crippen LogP contribution in [0.3, 0.4) is 0 Å². The number of pyridine rings is 1. The number of fused-ring (bicyclic) bond motifs is 1. The number of aromatic carboxylic acids is 1. The van der Waals surface area contributed by atoms with Gasteiger partial charge in [0.25, 0.3) is 0 Å². The highest BCUT2D eigenvalue weighted by Crippen LogP contribution is 2.25. The molecule has 0 unspecified atom stereocenters. The molecule has 0 radical (unpaired) electrons. The molecule has 0 aliphatic heterocycles. The Morgan fingerprint density at radius 1 is 1.29 bits per heavy atom. The summed E-state index contributed by atoms with van der Waals surface area (Å²) in [6.07, 6.45) is 6.47. The first-order chi connectivity index (χ1) is 10.1. The van der Waals surface area contributed by atoms with Gasteiger partial charge in [0, 0.05) is 25.9 Å². The highest BCUT2D eigenvalue weighted by molar-refractivity contribution is 5.93. The predicted molar refractivity (Wildman–Crippen MR) is 76.0 cm³/mol. The van der Waals surface area contributed by atoms with E-state index in [1.165, 1.54) is 6.20 Å². The van der Waals surface area contributed by atoms with E-state index in [1.54, 1.807) is 25.8 Å². The zero-order valence-electron chi connectivity index (χ0n) is 11.4. The van der Waals surface area contributed by atoms with E-state index in [2.05, 4.69) is 25.3 Å². The third kappa shape index (κ3) is 2.06. The van der Waals surface area contributed by atoms with Gasteiger partial charge in [0.2, 0.25) is 0 Å². The largest absolute Gasteiger partial charge is 0.476 e. The Kier molecular flexibility index (Phi) is 2.98. The molecule has 2 N–H and O–H groups in total. The molecule has 0 aromatic carbocycles. The fraction of sp³-hybridized carbons (Fsp3) is 0.154. The molecule has 3 heterocycles. The maximum Gasteiger partial charge on any atom is 0.358 e. The number of carboxylic acid groups (broad SMARTS) is 1. The van der Waals surface area contributed by atoms with E-state index in [-0.39, 0.29) is 11.5 Å². The van der Waals surface area contributed by atoms with Gasteiger partial charge in [0.15, 0.2) is 11.5 Å². The van der Waals surface area contributed by atoms with Crippen LogP contribution in [0.2, 0.25) is 0 Å². The molecule has 106 valence electrons. The van der Waals surface area contributed by atoms with Crippen LogP contribution in [0.4, 0.5) is 5.82 Å². The first kappa shape index (κ1) is 13.0. The average Bonchev–Trinajstić information content (AvgIpc) is 2.88. The van der Waals surface area contributed by atoms with Crippen molar-refractivity contribution in [2.24, 2.45) is 7.05 Å². The van der Waals surface area contributed by atoms with Crippen molar-refractivity contribution >= 4 is 22.8 Å². The molecule has 3 aromatic rings. The summed E-state index contributed by atoms with van der Waals surface area (Å²) < 4.78 is 1.83. The maximum absolute atomic E-state index is 11.3. The average molecular weight is 284 g/mol. The Balaban J connectivity index is 2.23. The number of hydrogen-bond donors (Lipinski definition) is 2. The van der Waals surface area contributed by atoms with Crippen molar-refractivity contribution in [2.45, 2.75) is 0 Å². The van der Waals surface area contributed by atoms with E-state index in [4.69, 9.17) is 0 Å². The second-order valence-corrected chi connectivity index (χ2v) is 4.42. The second-order valence-electron chi connectivity index (χ2n) is 4.42. The van der Waals surface area contributed by atoms with Crippen molar-refractivity contribution in [1.29, 1.82) is 0 Å². The number of nitrogens with one attached hydrogen (secondary N) is 1. The lowest BCUT2D eigenvalue weighted by Gasteiger charge is -2.06. The number of carboxylic acids is 1. The van der Waals surface area contributed by atoms with Gasteiger partial charge in [-0.2, -0.15) is 0 Å². The fourth-order valence-electron chi connectivity index (χ4n) is 2.08. The Morgan fingerprint density at radius 3 is 2.81 bits per heavy atom. The van der Waals surface area contributed by atoms with Crippen molar-refractivity contribution in [1.82, 2.24) is 24.5 Å². The van der Waals surface area contributed by atoms with Crippen LogP contribution in [0, 0.1) is 0 Å². The smallest absolute Gasteiger partial charge is 0.358 e. The van der Waals surface area contributed by atoms with E-state index in [0.717, 1.165) is 5.52 Å². The van der Waals surface area contributed by atoms with Gasteiger partial charge < -0.3 is 15.0 Å². The summed E-state index contributed by atoms with van der Waals surface area (Å²) in [5, 5.41) is 11.9. The van der Waals surface area contributed by atoms with Gasteiger partial charge in [-0.1, -0.05) is 0 Å². The summed E-state index contributed by atoms with van der Waals surface area (Å²) >= 11 is 0. The normalized spacial score (nSPS) is 10.8. The third-order valence-electron chi connectivity index (χ3n) is 3.13. The first-order valence-corrected chi connectivity index (χ1v) is 6.15. The minimum Gasteiger partial charge on any atom is -0.476 e. The lowest BCUT2D eigenvalue weighted by molar-refractivity contribution is 0.0691. The Labute approximate surface area is 119 Å². The molecule has 0 bridgehead atoms. The van der Waals surface area contributed by atoms with Gasteiger partial charge in [-0.15, -0.1) is 0 Å². The van der Waals surface area contributed by atoms with Gasteiger partial charge >= 0.3 is 5.97 Å². The Hall–Kier alpha value is -3.03. The summed E-state index contributed by atoms with van der Waals surface area (Å²) in [6, 6.07) is 0. The van der Waals surface area contributed by atoms with Gasteiger partial charge in [-0.3, -0.25) is 4.98 Å². The number of anilines is 1. The van der Waals surface area contributed by atoms with E-state index in [1.807, 2.05) is 11.6 Å². The van der Waals surface area contributed by atoms with Crippen LogP contribution in [0.1, 0.15) is 10.5 Å². The van der Waals surface area contributed by atoms with E-state index >= 15 is 0 Å². The third-order valence-corrected chi connectivity index (χ3v) is 3.13. The molecule has 0 saturated heterocycles. The SMILES string of the molecule is CNc1ncc(-c2cncc3c2ncn3C)nc1C(=O)O. The first-order valence-electron chi connectivity index (χ1n) is 6.15. The Morgan fingerprint density at radius 2 is 2.10 bits per heavy atom.